The van der Waals surface area contributed by atoms with Crippen LogP contribution >= 0.6 is 0 Å². The summed E-state index contributed by atoms with van der Waals surface area (Å²) < 4.78 is 10.4. The second-order valence-corrected chi connectivity index (χ2v) is 8.07. The van der Waals surface area contributed by atoms with Gasteiger partial charge in [0.1, 0.15) is 0 Å². The molecular formula is C23H26N2O5. The molecule has 1 aliphatic heterocycles. The van der Waals surface area contributed by atoms with Gasteiger partial charge in [0.2, 0.25) is 0 Å². The van der Waals surface area contributed by atoms with E-state index in [2.05, 4.69) is 17.4 Å². The van der Waals surface area contributed by atoms with Crippen LogP contribution < -0.4 is 5.32 Å². The minimum absolute atomic E-state index is 0.0221. The second-order valence-electron chi connectivity index (χ2n) is 8.07. The Morgan fingerprint density at radius 1 is 1.07 bits per heavy atom. The Bertz CT molecular complexity index is 882. The summed E-state index contributed by atoms with van der Waals surface area (Å²) >= 11 is 0. The van der Waals surface area contributed by atoms with Gasteiger partial charge < -0.3 is 19.4 Å². The topological polar surface area (TPSA) is 88.9 Å². The highest BCUT2D eigenvalue weighted by Gasteiger charge is 2.44. The van der Waals surface area contributed by atoms with Gasteiger partial charge in [-0.3, -0.25) is 14.4 Å². The summed E-state index contributed by atoms with van der Waals surface area (Å²) in [6.07, 6.45) is 4.60. The molecule has 1 saturated heterocycles. The lowest BCUT2D eigenvalue weighted by molar-refractivity contribution is -0.153. The molecular weight excluding hydrogens is 384 g/mol. The van der Waals surface area contributed by atoms with Crippen molar-refractivity contribution in [1.82, 2.24) is 10.2 Å². The van der Waals surface area contributed by atoms with Crippen molar-refractivity contribution in [3.8, 4) is 0 Å². The summed E-state index contributed by atoms with van der Waals surface area (Å²) in [5.74, 6) is -0.816. The van der Waals surface area contributed by atoms with Gasteiger partial charge in [-0.1, -0.05) is 30.3 Å². The molecule has 2 aromatic rings. The minimum Gasteiger partial charge on any atom is -0.459 e. The molecule has 0 unspecified atom stereocenters. The van der Waals surface area contributed by atoms with Crippen LogP contribution in [0.25, 0.3) is 0 Å². The predicted molar refractivity (Wildman–Crippen MR) is 109 cm³/mol. The van der Waals surface area contributed by atoms with Crippen molar-refractivity contribution >= 4 is 17.8 Å². The summed E-state index contributed by atoms with van der Waals surface area (Å²) in [5, 5.41) is 2.90. The largest absolute Gasteiger partial charge is 0.459 e. The molecule has 7 heteroatoms. The van der Waals surface area contributed by atoms with E-state index in [0.29, 0.717) is 38.2 Å². The summed E-state index contributed by atoms with van der Waals surface area (Å²) in [6.45, 7) is 1.21. The Kier molecular flexibility index (Phi) is 5.88. The van der Waals surface area contributed by atoms with Crippen LogP contribution in [0.5, 0.6) is 0 Å². The van der Waals surface area contributed by atoms with E-state index in [-0.39, 0.29) is 35.7 Å². The summed E-state index contributed by atoms with van der Waals surface area (Å²) in [4.78, 5) is 38.4. The molecule has 0 bridgehead atoms. The van der Waals surface area contributed by atoms with Gasteiger partial charge in [0, 0.05) is 25.0 Å². The number of rotatable bonds is 7. The number of amides is 2. The van der Waals surface area contributed by atoms with Crippen LogP contribution in [-0.4, -0.2) is 48.9 Å². The van der Waals surface area contributed by atoms with Gasteiger partial charge in [-0.2, -0.15) is 0 Å². The van der Waals surface area contributed by atoms with Crippen molar-refractivity contribution in [1.29, 1.82) is 0 Å². The van der Waals surface area contributed by atoms with Crippen LogP contribution in [-0.2, 0) is 19.7 Å². The normalized spacial score (nSPS) is 17.9. The number of piperidine rings is 1. The molecule has 30 heavy (non-hydrogen) atoms. The van der Waals surface area contributed by atoms with Crippen LogP contribution in [0.15, 0.2) is 53.1 Å². The second kappa shape index (κ2) is 8.73. The average molecular weight is 410 g/mol. The zero-order valence-electron chi connectivity index (χ0n) is 16.8. The zero-order chi connectivity index (χ0) is 21.0. The molecule has 1 saturated carbocycles. The van der Waals surface area contributed by atoms with Crippen LogP contribution in [0.3, 0.4) is 0 Å². The van der Waals surface area contributed by atoms with Crippen LogP contribution in [0.4, 0.5) is 0 Å². The van der Waals surface area contributed by atoms with Crippen molar-refractivity contribution in [2.45, 2.75) is 31.1 Å². The van der Waals surface area contributed by atoms with Crippen molar-refractivity contribution < 1.29 is 23.5 Å². The third-order valence-corrected chi connectivity index (χ3v) is 6.06. The van der Waals surface area contributed by atoms with E-state index in [1.54, 1.807) is 17.0 Å². The lowest BCUT2D eigenvalue weighted by Gasteiger charge is -2.30. The third-order valence-electron chi connectivity index (χ3n) is 6.06. The fourth-order valence-electron chi connectivity index (χ4n) is 3.96. The molecule has 2 amide bonds. The molecule has 7 nitrogen and oxygen atoms in total. The molecule has 2 fully saturated rings. The molecule has 0 radical (unpaired) electrons. The fraction of sp³-hybridized carbons (Fsp3) is 0.435. The molecule has 158 valence electrons. The minimum atomic E-state index is -0.376. The van der Waals surface area contributed by atoms with E-state index in [4.69, 9.17) is 9.15 Å². The summed E-state index contributed by atoms with van der Waals surface area (Å²) in [5.41, 5.74) is 1.26. The number of nitrogens with zero attached hydrogens (tertiary/aromatic N) is 1. The molecule has 0 spiro atoms. The van der Waals surface area contributed by atoms with Gasteiger partial charge in [0.25, 0.3) is 11.8 Å². The van der Waals surface area contributed by atoms with Gasteiger partial charge in [-0.25, -0.2) is 0 Å². The van der Waals surface area contributed by atoms with Gasteiger partial charge >= 0.3 is 5.97 Å². The molecule has 1 aromatic heterocycles. The zero-order valence-corrected chi connectivity index (χ0v) is 16.8. The van der Waals surface area contributed by atoms with Gasteiger partial charge in [0.05, 0.1) is 12.2 Å². The Labute approximate surface area is 175 Å². The number of esters is 1. The average Bonchev–Trinajstić information content (AvgIpc) is 3.39. The number of likely N-dealkylation sites (tertiary alicyclic amines) is 1. The molecule has 1 aromatic carbocycles. The molecule has 1 N–H and O–H groups in total. The van der Waals surface area contributed by atoms with Crippen molar-refractivity contribution in [2.75, 3.05) is 26.2 Å². The van der Waals surface area contributed by atoms with Crippen molar-refractivity contribution in [2.24, 2.45) is 5.92 Å². The maximum absolute atomic E-state index is 12.3. The van der Waals surface area contributed by atoms with Crippen LogP contribution in [0, 0.1) is 5.92 Å². The van der Waals surface area contributed by atoms with E-state index in [9.17, 15) is 14.4 Å². The fourth-order valence-corrected chi connectivity index (χ4v) is 3.96. The molecule has 2 heterocycles. The Morgan fingerprint density at radius 3 is 2.43 bits per heavy atom. The first kappa shape index (κ1) is 20.2. The lowest BCUT2D eigenvalue weighted by atomic mass is 9.96. The molecule has 1 aliphatic carbocycles. The van der Waals surface area contributed by atoms with Gasteiger partial charge in [-0.15, -0.1) is 0 Å². The maximum Gasteiger partial charge on any atom is 0.309 e. The Hall–Kier alpha value is -3.09. The van der Waals surface area contributed by atoms with E-state index < -0.39 is 0 Å². The number of carbonyl (C=O) groups excluding carboxylic acids is 3. The molecule has 0 atom stereocenters. The van der Waals surface area contributed by atoms with Crippen LogP contribution in [0.2, 0.25) is 0 Å². The first-order valence-electron chi connectivity index (χ1n) is 10.4. The van der Waals surface area contributed by atoms with E-state index in [0.717, 1.165) is 12.8 Å². The number of hydrogen-bond acceptors (Lipinski definition) is 5. The van der Waals surface area contributed by atoms with E-state index in [1.807, 2.05) is 18.2 Å². The van der Waals surface area contributed by atoms with Gasteiger partial charge in [-0.05, 0) is 43.4 Å². The Morgan fingerprint density at radius 2 is 1.80 bits per heavy atom. The number of carbonyl (C=O) groups is 3. The number of ether oxygens (including phenoxy) is 1. The molecule has 2 aliphatic rings. The van der Waals surface area contributed by atoms with E-state index in [1.165, 1.54) is 11.8 Å². The number of nitrogens with one attached hydrogen (secondary N) is 1. The monoisotopic (exact) mass is 410 g/mol. The quantitative estimate of drug-likeness (QED) is 0.709. The van der Waals surface area contributed by atoms with Crippen molar-refractivity contribution in [3.63, 3.8) is 0 Å². The highest BCUT2D eigenvalue weighted by atomic mass is 16.5. The van der Waals surface area contributed by atoms with Crippen molar-refractivity contribution in [3.05, 3.63) is 60.1 Å². The smallest absolute Gasteiger partial charge is 0.309 e. The maximum atomic E-state index is 12.3. The number of furan rings is 1. The lowest BCUT2D eigenvalue weighted by Crippen LogP contribution is -2.41. The standard InChI is InChI=1S/C23H26N2O5/c26-20(24-16-23(10-11-23)18-5-2-1-3-6-18)15-30-22(28)17-8-12-25(13-9-17)21(27)19-7-4-14-29-19/h1-7,14,17H,8-13,15-16H2,(H,24,26). The summed E-state index contributed by atoms with van der Waals surface area (Å²) in [6, 6.07) is 13.5. The third kappa shape index (κ3) is 4.56. The summed E-state index contributed by atoms with van der Waals surface area (Å²) in [7, 11) is 0. The SMILES string of the molecule is O=C(COC(=O)C1CCN(C(=O)c2ccco2)CC1)NCC1(c2ccccc2)CC1. The van der Waals surface area contributed by atoms with E-state index >= 15 is 0 Å². The van der Waals surface area contributed by atoms with Crippen LogP contribution in [0.1, 0.15) is 41.8 Å². The number of hydrogen-bond donors (Lipinski definition) is 1. The number of benzene rings is 1. The highest BCUT2D eigenvalue weighted by Crippen LogP contribution is 2.47. The van der Waals surface area contributed by atoms with Gasteiger partial charge in [0.15, 0.2) is 12.4 Å². The molecule has 4 rings (SSSR count). The first-order chi connectivity index (χ1) is 14.6. The Balaban J connectivity index is 1.17. The first-order valence-corrected chi connectivity index (χ1v) is 10.4. The predicted octanol–water partition coefficient (Wildman–Crippen LogP) is 2.52. The highest BCUT2D eigenvalue weighted by molar-refractivity contribution is 5.91.